The van der Waals surface area contributed by atoms with Crippen LogP contribution in [0.3, 0.4) is 0 Å². The normalized spacial score (nSPS) is 42.4. The molecule has 1 spiro atoms. The maximum Gasteiger partial charge on any atom is 0.355 e. The third kappa shape index (κ3) is 4.26. The average molecular weight is 516 g/mol. The monoisotopic (exact) mass is 515 g/mol. The Kier molecular flexibility index (Phi) is 7.33. The highest BCUT2D eigenvalue weighted by atomic mass is 16.6. The molecule has 1 aromatic heterocycles. The van der Waals surface area contributed by atoms with Crippen molar-refractivity contribution in [2.24, 2.45) is 35.0 Å². The molecule has 202 valence electrons. The summed E-state index contributed by atoms with van der Waals surface area (Å²) in [5, 5.41) is 12.0. The number of hydrogen-bond donors (Lipinski definition) is 2. The van der Waals surface area contributed by atoms with Crippen LogP contribution in [0.4, 0.5) is 0 Å². The van der Waals surface area contributed by atoms with E-state index in [-0.39, 0.29) is 43.5 Å². The number of esters is 2. The van der Waals surface area contributed by atoms with Gasteiger partial charge in [0.05, 0.1) is 44.1 Å². The van der Waals surface area contributed by atoms with Crippen molar-refractivity contribution in [3.8, 4) is 0 Å². The van der Waals surface area contributed by atoms with Crippen LogP contribution in [0.15, 0.2) is 42.1 Å². The largest absolute Gasteiger partial charge is 0.465 e. The molecule has 1 aromatic rings. The van der Waals surface area contributed by atoms with Crippen LogP contribution in [-0.4, -0.2) is 80.5 Å². The highest BCUT2D eigenvalue weighted by Gasteiger charge is 2.66. The molecule has 0 radical (unpaired) electrons. The number of rotatable bonds is 6. The van der Waals surface area contributed by atoms with Crippen molar-refractivity contribution in [2.45, 2.75) is 44.7 Å². The molecular formula is C28H37NO8. The van der Waals surface area contributed by atoms with Gasteiger partial charge < -0.3 is 33.8 Å². The number of aromatic nitrogens is 1. The number of aromatic amines is 1. The second-order valence-corrected chi connectivity index (χ2v) is 10.9. The summed E-state index contributed by atoms with van der Waals surface area (Å²) in [5.41, 5.74) is 0.739. The molecule has 0 unspecified atom stereocenters. The fourth-order valence-corrected chi connectivity index (χ4v) is 7.31. The van der Waals surface area contributed by atoms with Gasteiger partial charge in [-0.3, -0.25) is 4.79 Å². The number of carbonyl (C=O) groups is 2. The fraction of sp³-hybridized carbons (Fsp3) is 0.643. The minimum Gasteiger partial charge on any atom is -0.465 e. The number of nitrogens with one attached hydrogen (secondary N) is 1. The lowest BCUT2D eigenvalue weighted by atomic mass is 9.51. The van der Waals surface area contributed by atoms with E-state index in [0.717, 1.165) is 5.57 Å². The number of hydrogen-bond acceptors (Lipinski definition) is 8. The molecular weight excluding hydrogens is 478 g/mol. The van der Waals surface area contributed by atoms with Crippen molar-refractivity contribution in [3.63, 3.8) is 0 Å². The molecule has 2 N–H and O–H groups in total. The van der Waals surface area contributed by atoms with Gasteiger partial charge in [-0.05, 0) is 25.5 Å². The molecule has 1 saturated heterocycles. The number of H-pyrrole nitrogens is 1. The van der Waals surface area contributed by atoms with E-state index in [4.69, 9.17) is 23.7 Å². The Morgan fingerprint density at radius 2 is 2.03 bits per heavy atom. The Morgan fingerprint density at radius 3 is 2.73 bits per heavy atom. The van der Waals surface area contributed by atoms with E-state index < -0.39 is 47.6 Å². The van der Waals surface area contributed by atoms with Gasteiger partial charge in [0.25, 0.3) is 0 Å². The van der Waals surface area contributed by atoms with Crippen LogP contribution in [0.2, 0.25) is 0 Å². The Labute approximate surface area is 217 Å². The van der Waals surface area contributed by atoms with Gasteiger partial charge in [0, 0.05) is 49.5 Å². The summed E-state index contributed by atoms with van der Waals surface area (Å²) in [6, 6.07) is 3.38. The first-order valence-electron chi connectivity index (χ1n) is 13.0. The molecule has 2 aliphatic carbocycles. The van der Waals surface area contributed by atoms with Crippen molar-refractivity contribution in [1.82, 2.24) is 4.98 Å². The van der Waals surface area contributed by atoms with E-state index in [0.29, 0.717) is 12.1 Å². The third-order valence-electron chi connectivity index (χ3n) is 8.78. The third-order valence-corrected chi connectivity index (χ3v) is 8.78. The van der Waals surface area contributed by atoms with Gasteiger partial charge in [-0.25, -0.2) is 4.79 Å². The molecule has 37 heavy (non-hydrogen) atoms. The molecule has 2 fully saturated rings. The first-order chi connectivity index (χ1) is 17.8. The second kappa shape index (κ2) is 10.4. The molecule has 0 aromatic carbocycles. The van der Waals surface area contributed by atoms with Gasteiger partial charge in [0.1, 0.15) is 11.8 Å². The lowest BCUT2D eigenvalue weighted by molar-refractivity contribution is -0.247. The summed E-state index contributed by atoms with van der Waals surface area (Å²) in [7, 11) is 3.15. The smallest absolute Gasteiger partial charge is 0.355 e. The minimum absolute atomic E-state index is 0.00393. The quantitative estimate of drug-likeness (QED) is 0.439. The van der Waals surface area contributed by atoms with Crippen molar-refractivity contribution >= 4 is 11.9 Å². The number of cyclic esters (lactones) is 1. The van der Waals surface area contributed by atoms with Crippen LogP contribution in [0.1, 0.15) is 30.8 Å². The molecule has 1 saturated carbocycles. The Bertz CT molecular complexity index is 1050. The highest BCUT2D eigenvalue weighted by Crippen LogP contribution is 2.62. The number of aliphatic hydroxyl groups excluding tert-OH is 1. The van der Waals surface area contributed by atoms with E-state index in [1.165, 1.54) is 0 Å². The van der Waals surface area contributed by atoms with Gasteiger partial charge in [0.15, 0.2) is 0 Å². The van der Waals surface area contributed by atoms with Gasteiger partial charge in [-0.1, -0.05) is 30.7 Å². The molecule has 9 nitrogen and oxygen atoms in total. The second-order valence-electron chi connectivity index (χ2n) is 10.9. The van der Waals surface area contributed by atoms with E-state index in [1.807, 2.05) is 19.1 Å². The zero-order valence-corrected chi connectivity index (χ0v) is 21.8. The zero-order valence-electron chi connectivity index (χ0n) is 21.8. The fourth-order valence-electron chi connectivity index (χ4n) is 7.31. The van der Waals surface area contributed by atoms with E-state index in [9.17, 15) is 14.7 Å². The van der Waals surface area contributed by atoms with Crippen LogP contribution < -0.4 is 0 Å². The van der Waals surface area contributed by atoms with E-state index in [1.54, 1.807) is 32.5 Å². The molecule has 5 rings (SSSR count). The maximum absolute atomic E-state index is 13.2. The van der Waals surface area contributed by atoms with Gasteiger partial charge in [-0.15, -0.1) is 0 Å². The number of carbonyl (C=O) groups excluding carboxylic acids is 2. The van der Waals surface area contributed by atoms with Gasteiger partial charge in [-0.2, -0.15) is 0 Å². The molecule has 9 heteroatoms. The van der Waals surface area contributed by atoms with Crippen LogP contribution >= 0.6 is 0 Å². The van der Waals surface area contributed by atoms with Gasteiger partial charge >= 0.3 is 11.9 Å². The molecule has 10 atom stereocenters. The van der Waals surface area contributed by atoms with Crippen molar-refractivity contribution < 1.29 is 38.4 Å². The SMILES string of the molecule is COC[C@@H]1[C@@H](O)[C@@H]2C[C@@H](O[C@@H]3C=C[C@@H]4[C@@H](COC)C(=O)OC[C@H](C)/C=C(\C)[C@@]432)[C@@H]1OC(=O)c1ccc[nH]1. The Hall–Kier alpha value is -2.46. The maximum atomic E-state index is 13.2. The van der Waals surface area contributed by atoms with E-state index in [2.05, 4.69) is 18.0 Å². The molecule has 2 aliphatic heterocycles. The standard InChI is InChI=1S/C28H37NO8/c1-15-10-16(2)28-19(17(13-33-3)26(31)35-12-15)7-8-23(28)36-22-11-20(28)24(30)18(14-34-4)25(22)37-27(32)21-6-5-9-29-21/h5-10,15,17-20,22-25,29-30H,11-14H2,1-4H3/b16-10+/t15-,17-,18-,19-,20+,22-,23-,24-,25-,28+/m1/s1. The van der Waals surface area contributed by atoms with Crippen LogP contribution in [0, 0.1) is 35.0 Å². The first-order valence-corrected chi connectivity index (χ1v) is 13.0. The summed E-state index contributed by atoms with van der Waals surface area (Å²) in [6.07, 6.45) is 5.93. The minimum atomic E-state index is -0.856. The molecule has 3 heterocycles. The summed E-state index contributed by atoms with van der Waals surface area (Å²) in [6.45, 7) is 4.77. The van der Waals surface area contributed by atoms with Crippen LogP contribution in [0.25, 0.3) is 0 Å². The summed E-state index contributed by atoms with van der Waals surface area (Å²) in [4.78, 5) is 29.0. The van der Waals surface area contributed by atoms with Crippen LogP contribution in [-0.2, 0) is 28.5 Å². The average Bonchev–Trinajstić information content (AvgIpc) is 3.55. The van der Waals surface area contributed by atoms with Gasteiger partial charge in [0.2, 0.25) is 0 Å². The number of aliphatic hydroxyl groups is 1. The highest BCUT2D eigenvalue weighted by molar-refractivity contribution is 5.87. The van der Waals surface area contributed by atoms with Crippen molar-refractivity contribution in [1.29, 1.82) is 0 Å². The zero-order chi connectivity index (χ0) is 26.3. The van der Waals surface area contributed by atoms with Crippen molar-refractivity contribution in [3.05, 3.63) is 47.8 Å². The molecule has 0 amide bonds. The lowest BCUT2D eigenvalue weighted by Gasteiger charge is -2.59. The molecule has 4 aliphatic rings. The van der Waals surface area contributed by atoms with Crippen molar-refractivity contribution in [2.75, 3.05) is 34.0 Å². The molecule has 2 bridgehead atoms. The Morgan fingerprint density at radius 1 is 1.24 bits per heavy atom. The lowest BCUT2D eigenvalue weighted by Crippen LogP contribution is -2.66. The first kappa shape index (κ1) is 26.2. The summed E-state index contributed by atoms with van der Waals surface area (Å²) >= 11 is 0. The predicted octanol–water partition coefficient (Wildman–Crippen LogP) is 2.53. The summed E-state index contributed by atoms with van der Waals surface area (Å²) < 4.78 is 29.4. The summed E-state index contributed by atoms with van der Waals surface area (Å²) in [5.74, 6) is -2.39. The number of methoxy groups -OCH3 is 2. The predicted molar refractivity (Wildman–Crippen MR) is 132 cm³/mol. The number of allylic oxidation sites excluding steroid dienone is 1. The van der Waals surface area contributed by atoms with Crippen LogP contribution in [0.5, 0.6) is 0 Å². The topological polar surface area (TPSA) is 116 Å². The van der Waals surface area contributed by atoms with E-state index >= 15 is 0 Å². The Balaban J connectivity index is 1.56. The number of ether oxygens (including phenoxy) is 5. The number of fused-ring (bicyclic) bond motifs is 2.